The minimum Gasteiger partial charge on any atom is -0.467 e. The van der Waals surface area contributed by atoms with Crippen molar-refractivity contribution < 1.29 is 13.3 Å². The van der Waals surface area contributed by atoms with Crippen molar-refractivity contribution in [3.05, 3.63) is 24.2 Å². The molecule has 194 valence electrons. The van der Waals surface area contributed by atoms with Crippen LogP contribution in [0.1, 0.15) is 118 Å². The van der Waals surface area contributed by atoms with E-state index in [1.807, 2.05) is 6.07 Å². The highest BCUT2D eigenvalue weighted by Crippen LogP contribution is 2.44. The van der Waals surface area contributed by atoms with Crippen LogP contribution in [-0.4, -0.2) is 22.7 Å². The van der Waals surface area contributed by atoms with Crippen LogP contribution in [0.5, 0.6) is 0 Å². The Morgan fingerprint density at radius 3 is 1.70 bits per heavy atom. The zero-order valence-corrected chi connectivity index (χ0v) is 26.0. The Balaban J connectivity index is 3.03. The minimum absolute atomic E-state index is 0.0336. The molecular weight excluding hydrogens is 440 g/mol. The molecule has 0 spiro atoms. The first-order chi connectivity index (χ1) is 15.1. The molecule has 0 aliphatic carbocycles. The van der Waals surface area contributed by atoms with E-state index in [-0.39, 0.29) is 22.3 Å². The third-order valence-electron chi connectivity index (χ3n) is 7.98. The Bertz CT molecular complexity index is 639. The Morgan fingerprint density at radius 2 is 1.24 bits per heavy atom. The van der Waals surface area contributed by atoms with Gasteiger partial charge in [-0.1, -0.05) is 99.8 Å². The molecule has 0 aromatic carbocycles. The summed E-state index contributed by atoms with van der Waals surface area (Å²) in [5.74, 6) is 0.920. The molecule has 0 bridgehead atoms. The fourth-order valence-corrected chi connectivity index (χ4v) is 6.18. The van der Waals surface area contributed by atoms with Gasteiger partial charge in [0.15, 0.2) is 16.6 Å². The van der Waals surface area contributed by atoms with Gasteiger partial charge in [0, 0.05) is 0 Å². The van der Waals surface area contributed by atoms with E-state index in [1.165, 1.54) is 51.4 Å². The van der Waals surface area contributed by atoms with E-state index in [9.17, 15) is 0 Å². The normalized spacial score (nSPS) is 15.6. The van der Waals surface area contributed by atoms with Gasteiger partial charge in [0.25, 0.3) is 0 Å². The summed E-state index contributed by atoms with van der Waals surface area (Å²) in [5, 5.41) is 0.299. The maximum Gasteiger partial charge on any atom is 0.193 e. The molecule has 0 radical (unpaired) electrons. The molecule has 1 rings (SSSR count). The lowest BCUT2D eigenvalue weighted by molar-refractivity contribution is 0.0153. The van der Waals surface area contributed by atoms with Crippen LogP contribution >= 0.6 is 0 Å². The highest BCUT2D eigenvalue weighted by atomic mass is 28.4. The highest BCUT2D eigenvalue weighted by Gasteiger charge is 2.45. The molecule has 0 amide bonds. The number of rotatable bonds is 15. The third-order valence-corrected chi connectivity index (χ3v) is 16.9. The van der Waals surface area contributed by atoms with Gasteiger partial charge in [0.05, 0.1) is 12.4 Å². The first kappa shape index (κ1) is 30.7. The van der Waals surface area contributed by atoms with Gasteiger partial charge < -0.3 is 13.3 Å². The van der Waals surface area contributed by atoms with Gasteiger partial charge in [-0.05, 0) is 54.8 Å². The predicted molar refractivity (Wildman–Crippen MR) is 149 cm³/mol. The molecule has 5 heteroatoms. The Morgan fingerprint density at radius 1 is 0.758 bits per heavy atom. The molecule has 1 aromatic rings. The van der Waals surface area contributed by atoms with E-state index in [4.69, 9.17) is 13.3 Å². The maximum absolute atomic E-state index is 7.08. The lowest BCUT2D eigenvalue weighted by atomic mass is 10.0. The molecule has 0 saturated heterocycles. The van der Waals surface area contributed by atoms with Crippen LogP contribution in [0.25, 0.3) is 0 Å². The van der Waals surface area contributed by atoms with Crippen LogP contribution in [0.2, 0.25) is 36.3 Å². The Hall–Kier alpha value is -0.366. The van der Waals surface area contributed by atoms with E-state index in [1.54, 1.807) is 6.26 Å². The van der Waals surface area contributed by atoms with E-state index in [0.717, 1.165) is 12.2 Å². The van der Waals surface area contributed by atoms with Crippen molar-refractivity contribution in [3.8, 4) is 0 Å². The van der Waals surface area contributed by atoms with Gasteiger partial charge in [0.2, 0.25) is 0 Å². The second-order valence-electron chi connectivity index (χ2n) is 13.0. The van der Waals surface area contributed by atoms with Crippen molar-refractivity contribution >= 4 is 16.6 Å². The fourth-order valence-electron chi connectivity index (χ4n) is 3.57. The standard InChI is InChI=1S/C28H56O3Si2/c1-12-13-14-15-16-17-18-19-21-25(30-32(8,9)27(2,3)4)26(24-22-20-23-29-24)31-33(10,11)28(5,6)7/h20,22-23,25-26H,12-19,21H2,1-11H3. The molecule has 33 heavy (non-hydrogen) atoms. The second-order valence-corrected chi connectivity index (χ2v) is 22.5. The molecule has 0 aliphatic rings. The Kier molecular flexibility index (Phi) is 12.2. The number of hydrogen-bond donors (Lipinski definition) is 0. The first-order valence-electron chi connectivity index (χ1n) is 13.5. The van der Waals surface area contributed by atoms with Crippen LogP contribution in [0.3, 0.4) is 0 Å². The summed E-state index contributed by atoms with van der Waals surface area (Å²) in [7, 11) is -3.97. The van der Waals surface area contributed by atoms with Crippen LogP contribution in [0, 0.1) is 0 Å². The predicted octanol–water partition coefficient (Wildman–Crippen LogP) is 10.3. The van der Waals surface area contributed by atoms with E-state index in [2.05, 4.69) is 80.7 Å². The van der Waals surface area contributed by atoms with Crippen molar-refractivity contribution in [2.45, 2.75) is 155 Å². The molecular formula is C28H56O3Si2. The lowest BCUT2D eigenvalue weighted by Gasteiger charge is -2.44. The third kappa shape index (κ3) is 10.0. The summed E-state index contributed by atoms with van der Waals surface area (Å²) >= 11 is 0. The molecule has 2 atom stereocenters. The number of hydrogen-bond acceptors (Lipinski definition) is 3. The van der Waals surface area contributed by atoms with Gasteiger partial charge in [0.1, 0.15) is 11.9 Å². The zero-order chi connectivity index (χ0) is 25.3. The van der Waals surface area contributed by atoms with Crippen molar-refractivity contribution in [1.29, 1.82) is 0 Å². The van der Waals surface area contributed by atoms with Crippen molar-refractivity contribution in [1.82, 2.24) is 0 Å². The fraction of sp³-hybridized carbons (Fsp3) is 0.857. The summed E-state index contributed by atoms with van der Waals surface area (Å²) < 4.78 is 20.1. The monoisotopic (exact) mass is 496 g/mol. The summed E-state index contributed by atoms with van der Waals surface area (Å²) in [4.78, 5) is 0. The molecule has 3 nitrogen and oxygen atoms in total. The van der Waals surface area contributed by atoms with E-state index < -0.39 is 16.6 Å². The topological polar surface area (TPSA) is 31.6 Å². The smallest absolute Gasteiger partial charge is 0.193 e. The van der Waals surface area contributed by atoms with Gasteiger partial charge in [-0.2, -0.15) is 0 Å². The van der Waals surface area contributed by atoms with Crippen molar-refractivity contribution in [2.75, 3.05) is 0 Å². The Labute approximate surface area is 208 Å². The number of furan rings is 1. The average molecular weight is 497 g/mol. The molecule has 2 unspecified atom stereocenters. The molecule has 0 saturated carbocycles. The summed E-state index contributed by atoms with van der Waals surface area (Å²) in [5.41, 5.74) is 0. The van der Waals surface area contributed by atoms with E-state index in [0.29, 0.717) is 0 Å². The highest BCUT2D eigenvalue weighted by molar-refractivity contribution is 6.74. The molecule has 0 fully saturated rings. The molecule has 1 aromatic heterocycles. The summed E-state index contributed by atoms with van der Waals surface area (Å²) in [6.45, 7) is 25.6. The zero-order valence-electron chi connectivity index (χ0n) is 24.0. The lowest BCUT2D eigenvalue weighted by Crippen LogP contribution is -2.49. The maximum atomic E-state index is 7.08. The van der Waals surface area contributed by atoms with Crippen LogP contribution in [0.4, 0.5) is 0 Å². The summed E-state index contributed by atoms with van der Waals surface area (Å²) in [6, 6.07) is 4.06. The van der Waals surface area contributed by atoms with Gasteiger partial charge in [-0.15, -0.1) is 0 Å². The number of unbranched alkanes of at least 4 members (excludes halogenated alkanes) is 7. The quantitative estimate of drug-likeness (QED) is 0.179. The van der Waals surface area contributed by atoms with Crippen molar-refractivity contribution in [2.24, 2.45) is 0 Å². The van der Waals surface area contributed by atoms with Crippen LogP contribution in [-0.2, 0) is 8.85 Å². The summed E-state index contributed by atoms with van der Waals surface area (Å²) in [6.07, 6.45) is 13.3. The molecule has 0 N–H and O–H groups in total. The largest absolute Gasteiger partial charge is 0.467 e. The molecule has 1 heterocycles. The van der Waals surface area contributed by atoms with Gasteiger partial charge in [-0.3, -0.25) is 0 Å². The second kappa shape index (κ2) is 13.1. The SMILES string of the molecule is CCCCCCCCCCC(O[Si](C)(C)C(C)(C)C)C(O[Si](C)(C)C(C)(C)C)c1ccco1. The van der Waals surface area contributed by atoms with Gasteiger partial charge >= 0.3 is 0 Å². The minimum atomic E-state index is -2.01. The first-order valence-corrected chi connectivity index (χ1v) is 19.3. The van der Waals surface area contributed by atoms with E-state index >= 15 is 0 Å². The van der Waals surface area contributed by atoms with Crippen LogP contribution < -0.4 is 0 Å². The van der Waals surface area contributed by atoms with Gasteiger partial charge in [-0.25, -0.2) is 0 Å². The van der Waals surface area contributed by atoms with Crippen LogP contribution in [0.15, 0.2) is 22.8 Å². The molecule has 0 aliphatic heterocycles. The average Bonchev–Trinajstić information content (AvgIpc) is 3.20. The van der Waals surface area contributed by atoms with Crippen molar-refractivity contribution in [3.63, 3.8) is 0 Å².